The molecule has 1 spiro atoms. The van der Waals surface area contributed by atoms with E-state index in [-0.39, 0.29) is 18.4 Å². The molecule has 2 aliphatic rings. The van der Waals surface area contributed by atoms with Gasteiger partial charge in [0.2, 0.25) is 5.91 Å². The highest BCUT2D eigenvalue weighted by Gasteiger charge is 2.42. The summed E-state index contributed by atoms with van der Waals surface area (Å²) < 4.78 is 16.0. The summed E-state index contributed by atoms with van der Waals surface area (Å²) in [6.45, 7) is 2.23. The second-order valence-corrected chi connectivity index (χ2v) is 5.99. The van der Waals surface area contributed by atoms with Crippen LogP contribution in [0.5, 0.6) is 5.75 Å². The number of likely N-dealkylation sites (tertiary alicyclic amines) is 1. The molecule has 2 heterocycles. The van der Waals surface area contributed by atoms with Gasteiger partial charge in [0.1, 0.15) is 24.7 Å². The molecular formula is C17H22N2O5. The molecule has 0 atom stereocenters. The van der Waals surface area contributed by atoms with E-state index in [0.29, 0.717) is 50.5 Å². The highest BCUT2D eigenvalue weighted by atomic mass is 16.5. The number of amides is 2. The molecule has 0 saturated carbocycles. The number of piperidine rings is 1. The van der Waals surface area contributed by atoms with Crippen LogP contribution in [0.3, 0.4) is 0 Å². The van der Waals surface area contributed by atoms with Gasteiger partial charge in [-0.3, -0.25) is 9.59 Å². The molecule has 2 saturated heterocycles. The summed E-state index contributed by atoms with van der Waals surface area (Å²) in [5, 5.41) is 2.87. The number of hydrogen-bond acceptors (Lipinski definition) is 5. The Morgan fingerprint density at radius 2 is 1.96 bits per heavy atom. The first-order valence-electron chi connectivity index (χ1n) is 8.08. The third kappa shape index (κ3) is 3.68. The molecular weight excluding hydrogens is 312 g/mol. The van der Waals surface area contributed by atoms with E-state index in [4.69, 9.17) is 14.2 Å². The van der Waals surface area contributed by atoms with Crippen molar-refractivity contribution in [1.29, 1.82) is 0 Å². The molecule has 0 aliphatic carbocycles. The quantitative estimate of drug-likeness (QED) is 0.806. The van der Waals surface area contributed by atoms with Crippen molar-refractivity contribution in [3.8, 4) is 5.75 Å². The molecule has 1 aromatic rings. The van der Waals surface area contributed by atoms with E-state index in [2.05, 4.69) is 5.32 Å². The fourth-order valence-electron chi connectivity index (χ4n) is 2.99. The molecule has 0 aromatic heterocycles. The van der Waals surface area contributed by atoms with Gasteiger partial charge in [0.25, 0.3) is 5.91 Å². The molecule has 3 rings (SSSR count). The van der Waals surface area contributed by atoms with Gasteiger partial charge in [-0.15, -0.1) is 0 Å². The van der Waals surface area contributed by atoms with Gasteiger partial charge < -0.3 is 24.4 Å². The van der Waals surface area contributed by atoms with E-state index in [1.54, 1.807) is 36.3 Å². The standard InChI is InChI=1S/C17H22N2O5/c1-22-10-11-23-14-4-2-13(3-5-14)16(21)19-8-6-17(7-9-19)18-15(20)12-24-17/h2-5H,6-12H2,1H3,(H,18,20). The van der Waals surface area contributed by atoms with Gasteiger partial charge in [-0.25, -0.2) is 0 Å². The SMILES string of the molecule is COCCOc1ccc(C(=O)N2CCC3(CC2)NC(=O)CO3)cc1. The largest absolute Gasteiger partial charge is 0.491 e. The molecule has 1 N–H and O–H groups in total. The first kappa shape index (κ1) is 16.7. The van der Waals surface area contributed by atoms with Crippen LogP contribution in [-0.4, -0.2) is 62.5 Å². The van der Waals surface area contributed by atoms with Gasteiger partial charge in [-0.05, 0) is 24.3 Å². The third-order valence-corrected chi connectivity index (χ3v) is 4.36. The molecule has 130 valence electrons. The number of methoxy groups -OCH3 is 1. The molecule has 2 amide bonds. The van der Waals surface area contributed by atoms with Crippen molar-refractivity contribution in [3.05, 3.63) is 29.8 Å². The van der Waals surface area contributed by atoms with E-state index in [1.807, 2.05) is 0 Å². The summed E-state index contributed by atoms with van der Waals surface area (Å²) in [4.78, 5) is 25.7. The number of carbonyl (C=O) groups is 2. The number of ether oxygens (including phenoxy) is 3. The Bertz CT molecular complexity index is 594. The van der Waals surface area contributed by atoms with E-state index >= 15 is 0 Å². The van der Waals surface area contributed by atoms with Crippen LogP contribution in [0.4, 0.5) is 0 Å². The van der Waals surface area contributed by atoms with Crippen molar-refractivity contribution in [2.24, 2.45) is 0 Å². The average Bonchev–Trinajstić information content (AvgIpc) is 2.96. The Hall–Kier alpha value is -2.12. The topological polar surface area (TPSA) is 77.1 Å². The number of rotatable bonds is 5. The average molecular weight is 334 g/mol. The predicted octanol–water partition coefficient (Wildman–Crippen LogP) is 0.791. The second kappa shape index (κ2) is 7.19. The van der Waals surface area contributed by atoms with Crippen LogP contribution in [0.25, 0.3) is 0 Å². The fraction of sp³-hybridized carbons (Fsp3) is 0.529. The zero-order valence-electron chi connectivity index (χ0n) is 13.7. The summed E-state index contributed by atoms with van der Waals surface area (Å²) in [7, 11) is 1.62. The molecule has 1 aromatic carbocycles. The lowest BCUT2D eigenvalue weighted by molar-refractivity contribution is -0.119. The summed E-state index contributed by atoms with van der Waals surface area (Å²) in [6.07, 6.45) is 1.23. The Labute approximate surface area is 140 Å². The molecule has 7 nitrogen and oxygen atoms in total. The minimum absolute atomic E-state index is 0.0161. The molecule has 0 unspecified atom stereocenters. The van der Waals surface area contributed by atoms with Crippen molar-refractivity contribution in [2.45, 2.75) is 18.6 Å². The normalized spacial score (nSPS) is 19.4. The Morgan fingerprint density at radius 1 is 1.25 bits per heavy atom. The van der Waals surface area contributed by atoms with Gasteiger partial charge in [0.15, 0.2) is 0 Å². The lowest BCUT2D eigenvalue weighted by Gasteiger charge is -2.38. The number of hydrogen-bond donors (Lipinski definition) is 1. The third-order valence-electron chi connectivity index (χ3n) is 4.36. The fourth-order valence-corrected chi connectivity index (χ4v) is 2.99. The Kier molecular flexibility index (Phi) is 5.01. The van der Waals surface area contributed by atoms with Crippen LogP contribution >= 0.6 is 0 Å². The van der Waals surface area contributed by atoms with E-state index in [0.717, 1.165) is 0 Å². The van der Waals surface area contributed by atoms with Crippen molar-refractivity contribution >= 4 is 11.8 Å². The molecule has 0 bridgehead atoms. The van der Waals surface area contributed by atoms with Crippen molar-refractivity contribution in [3.63, 3.8) is 0 Å². The zero-order valence-corrected chi connectivity index (χ0v) is 13.7. The summed E-state index contributed by atoms with van der Waals surface area (Å²) in [5.41, 5.74) is 0.0498. The zero-order chi connectivity index (χ0) is 17.0. The highest BCUT2D eigenvalue weighted by molar-refractivity contribution is 5.94. The van der Waals surface area contributed by atoms with Gasteiger partial charge in [-0.2, -0.15) is 0 Å². The van der Waals surface area contributed by atoms with E-state index in [1.165, 1.54) is 0 Å². The van der Waals surface area contributed by atoms with Crippen LogP contribution in [0, 0.1) is 0 Å². The lowest BCUT2D eigenvalue weighted by atomic mass is 10.00. The molecule has 2 aliphatic heterocycles. The van der Waals surface area contributed by atoms with Crippen LogP contribution in [0.2, 0.25) is 0 Å². The maximum Gasteiger partial charge on any atom is 0.253 e. The first-order chi connectivity index (χ1) is 11.6. The van der Waals surface area contributed by atoms with Crippen LogP contribution < -0.4 is 10.1 Å². The van der Waals surface area contributed by atoms with Gasteiger partial charge in [-0.1, -0.05) is 0 Å². The predicted molar refractivity (Wildman–Crippen MR) is 85.8 cm³/mol. The Balaban J connectivity index is 1.54. The smallest absolute Gasteiger partial charge is 0.253 e. The van der Waals surface area contributed by atoms with E-state index < -0.39 is 5.72 Å². The summed E-state index contributed by atoms with van der Waals surface area (Å²) in [5.74, 6) is 0.611. The first-order valence-corrected chi connectivity index (χ1v) is 8.08. The maximum atomic E-state index is 12.6. The molecule has 2 fully saturated rings. The number of nitrogens with one attached hydrogen (secondary N) is 1. The minimum Gasteiger partial charge on any atom is -0.491 e. The maximum absolute atomic E-state index is 12.6. The molecule has 7 heteroatoms. The van der Waals surface area contributed by atoms with Crippen LogP contribution in [0.1, 0.15) is 23.2 Å². The Morgan fingerprint density at radius 3 is 2.54 bits per heavy atom. The minimum atomic E-state index is -0.576. The van der Waals surface area contributed by atoms with Crippen LogP contribution in [0.15, 0.2) is 24.3 Å². The van der Waals surface area contributed by atoms with Gasteiger partial charge in [0, 0.05) is 38.6 Å². The lowest BCUT2D eigenvalue weighted by Crippen LogP contribution is -2.53. The summed E-state index contributed by atoms with van der Waals surface area (Å²) in [6, 6.07) is 7.11. The van der Waals surface area contributed by atoms with Crippen LogP contribution in [-0.2, 0) is 14.3 Å². The number of benzene rings is 1. The monoisotopic (exact) mass is 334 g/mol. The van der Waals surface area contributed by atoms with Crippen molar-refractivity contribution in [1.82, 2.24) is 10.2 Å². The van der Waals surface area contributed by atoms with E-state index in [9.17, 15) is 9.59 Å². The number of nitrogens with zero attached hydrogens (tertiary/aromatic N) is 1. The van der Waals surface area contributed by atoms with Gasteiger partial charge >= 0.3 is 0 Å². The highest BCUT2D eigenvalue weighted by Crippen LogP contribution is 2.27. The van der Waals surface area contributed by atoms with Crippen molar-refractivity contribution in [2.75, 3.05) is 40.0 Å². The van der Waals surface area contributed by atoms with Crippen molar-refractivity contribution < 1.29 is 23.8 Å². The number of carbonyl (C=O) groups excluding carboxylic acids is 2. The van der Waals surface area contributed by atoms with Gasteiger partial charge in [0.05, 0.1) is 6.61 Å². The second-order valence-electron chi connectivity index (χ2n) is 5.99. The molecule has 24 heavy (non-hydrogen) atoms. The molecule has 0 radical (unpaired) electrons. The summed E-state index contributed by atoms with van der Waals surface area (Å²) >= 11 is 0.